The van der Waals surface area contributed by atoms with Crippen molar-refractivity contribution in [3.8, 4) is 11.5 Å². The maximum atomic E-state index is 13.3. The lowest BCUT2D eigenvalue weighted by molar-refractivity contribution is 0.0949. The van der Waals surface area contributed by atoms with Crippen molar-refractivity contribution in [3.63, 3.8) is 0 Å². The number of nitrogens with one attached hydrogen (secondary N) is 1. The first-order valence-electron chi connectivity index (χ1n) is 10.5. The molecule has 0 fully saturated rings. The predicted octanol–water partition coefficient (Wildman–Crippen LogP) is 3.80. The summed E-state index contributed by atoms with van der Waals surface area (Å²) in [6.45, 7) is 0.733. The second-order valence-electron chi connectivity index (χ2n) is 7.74. The third-order valence-electron chi connectivity index (χ3n) is 5.01. The van der Waals surface area contributed by atoms with Crippen LogP contribution in [-0.2, 0) is 6.54 Å². The van der Waals surface area contributed by atoms with Gasteiger partial charge in [0.25, 0.3) is 11.8 Å². The Morgan fingerprint density at radius 2 is 1.55 bits per heavy atom. The second-order valence-corrected chi connectivity index (χ2v) is 7.74. The minimum Gasteiger partial charge on any atom is -0.493 e. The van der Waals surface area contributed by atoms with E-state index in [1.807, 2.05) is 67.5 Å². The maximum Gasteiger partial charge on any atom is 0.259 e. The number of hydrogen-bond donors (Lipinski definition) is 1. The molecule has 0 bridgehead atoms. The Morgan fingerprint density at radius 1 is 0.818 bits per heavy atom. The molecule has 0 aliphatic heterocycles. The normalized spacial score (nSPS) is 10.6. The lowest BCUT2D eigenvalue weighted by atomic mass is 10.1. The minimum absolute atomic E-state index is 0.108. The summed E-state index contributed by atoms with van der Waals surface area (Å²) < 4.78 is 10.5. The number of amides is 2. The van der Waals surface area contributed by atoms with E-state index in [0.717, 1.165) is 11.3 Å². The number of nitrogens with zero attached hydrogens (tertiary/aromatic N) is 2. The highest BCUT2D eigenvalue weighted by atomic mass is 16.5. The van der Waals surface area contributed by atoms with Crippen LogP contribution in [0.25, 0.3) is 0 Å². The Hall–Kier alpha value is -3.84. The van der Waals surface area contributed by atoms with E-state index in [4.69, 9.17) is 9.47 Å². The van der Waals surface area contributed by atoms with Gasteiger partial charge in [0.05, 0.1) is 20.9 Å². The van der Waals surface area contributed by atoms with Crippen LogP contribution >= 0.6 is 0 Å². The standard InChI is InChI=1S/C26H29N3O4/c1-28(2)18-29(22-11-6-5-7-12-22)26(31)21-10-8-9-19(15-21)17-27-25(30)20-13-14-23(32-3)24(16-20)33-4/h5-16H,17-18H2,1-4H3,(H,27,30). The van der Waals surface area contributed by atoms with Gasteiger partial charge in [-0.2, -0.15) is 0 Å². The van der Waals surface area contributed by atoms with Gasteiger partial charge in [0.15, 0.2) is 11.5 Å². The lowest BCUT2D eigenvalue weighted by Crippen LogP contribution is -2.38. The van der Waals surface area contributed by atoms with Crippen LogP contribution in [-0.4, -0.2) is 51.7 Å². The van der Waals surface area contributed by atoms with Gasteiger partial charge in [0.1, 0.15) is 0 Å². The molecule has 1 N–H and O–H groups in total. The monoisotopic (exact) mass is 447 g/mol. The summed E-state index contributed by atoms with van der Waals surface area (Å²) in [7, 11) is 6.91. The van der Waals surface area contributed by atoms with Gasteiger partial charge in [-0.1, -0.05) is 30.3 Å². The number of rotatable bonds is 9. The number of para-hydroxylation sites is 1. The average Bonchev–Trinajstić information content (AvgIpc) is 2.85. The zero-order chi connectivity index (χ0) is 23.8. The van der Waals surface area contributed by atoms with Gasteiger partial charge in [0.2, 0.25) is 0 Å². The molecule has 0 spiro atoms. The number of ether oxygens (including phenoxy) is 2. The van der Waals surface area contributed by atoms with Gasteiger partial charge in [-0.25, -0.2) is 0 Å². The predicted molar refractivity (Wildman–Crippen MR) is 129 cm³/mol. The van der Waals surface area contributed by atoms with Crippen molar-refractivity contribution in [2.24, 2.45) is 0 Å². The first-order valence-corrected chi connectivity index (χ1v) is 10.5. The van der Waals surface area contributed by atoms with Crippen molar-refractivity contribution in [1.29, 1.82) is 0 Å². The fourth-order valence-corrected chi connectivity index (χ4v) is 3.39. The zero-order valence-corrected chi connectivity index (χ0v) is 19.4. The van der Waals surface area contributed by atoms with E-state index in [1.54, 1.807) is 36.3 Å². The Bertz CT molecular complexity index is 1100. The first kappa shape index (κ1) is 23.8. The molecule has 3 aromatic rings. The van der Waals surface area contributed by atoms with Crippen LogP contribution in [0.4, 0.5) is 5.69 Å². The third kappa shape index (κ3) is 6.11. The van der Waals surface area contributed by atoms with Gasteiger partial charge >= 0.3 is 0 Å². The summed E-state index contributed by atoms with van der Waals surface area (Å²) in [4.78, 5) is 29.6. The van der Waals surface area contributed by atoms with Crippen molar-refractivity contribution < 1.29 is 19.1 Å². The maximum absolute atomic E-state index is 13.3. The molecule has 33 heavy (non-hydrogen) atoms. The molecule has 0 radical (unpaired) electrons. The number of carbonyl (C=O) groups excluding carboxylic acids is 2. The van der Waals surface area contributed by atoms with Crippen molar-refractivity contribution in [2.75, 3.05) is 39.9 Å². The summed E-state index contributed by atoms with van der Waals surface area (Å²) in [5.74, 6) is 0.690. The second kappa shape index (κ2) is 11.2. The highest BCUT2D eigenvalue weighted by Gasteiger charge is 2.19. The lowest BCUT2D eigenvalue weighted by Gasteiger charge is -2.26. The van der Waals surface area contributed by atoms with Gasteiger partial charge in [0, 0.05) is 23.4 Å². The Kier molecular flexibility index (Phi) is 8.05. The molecule has 3 rings (SSSR count). The van der Waals surface area contributed by atoms with Crippen LogP contribution in [0, 0.1) is 0 Å². The molecular weight excluding hydrogens is 418 g/mol. The Balaban J connectivity index is 1.73. The summed E-state index contributed by atoms with van der Waals surface area (Å²) in [6.07, 6.45) is 0. The molecule has 0 aliphatic carbocycles. The molecule has 2 amide bonds. The van der Waals surface area contributed by atoms with Crippen LogP contribution in [0.15, 0.2) is 72.8 Å². The fraction of sp³-hybridized carbons (Fsp3) is 0.231. The topological polar surface area (TPSA) is 71.1 Å². The number of hydrogen-bond acceptors (Lipinski definition) is 5. The van der Waals surface area contributed by atoms with E-state index in [2.05, 4.69) is 5.32 Å². The summed E-state index contributed by atoms with van der Waals surface area (Å²) in [5.41, 5.74) is 2.66. The number of anilines is 1. The van der Waals surface area contributed by atoms with E-state index < -0.39 is 0 Å². The quantitative estimate of drug-likeness (QED) is 0.505. The van der Waals surface area contributed by atoms with E-state index in [0.29, 0.717) is 29.3 Å². The highest BCUT2D eigenvalue weighted by molar-refractivity contribution is 6.06. The summed E-state index contributed by atoms with van der Waals surface area (Å²) >= 11 is 0. The largest absolute Gasteiger partial charge is 0.493 e. The van der Waals surface area contributed by atoms with E-state index in [-0.39, 0.29) is 18.4 Å². The van der Waals surface area contributed by atoms with Crippen LogP contribution in [0.3, 0.4) is 0 Å². The molecule has 0 saturated carbocycles. The molecule has 0 atom stereocenters. The van der Waals surface area contributed by atoms with Crippen LogP contribution in [0.5, 0.6) is 11.5 Å². The van der Waals surface area contributed by atoms with Crippen LogP contribution in [0.2, 0.25) is 0 Å². The van der Waals surface area contributed by atoms with Crippen molar-refractivity contribution in [2.45, 2.75) is 6.54 Å². The first-order chi connectivity index (χ1) is 15.9. The van der Waals surface area contributed by atoms with Crippen LogP contribution in [0.1, 0.15) is 26.3 Å². The number of carbonyl (C=O) groups is 2. The van der Waals surface area contributed by atoms with Crippen LogP contribution < -0.4 is 19.7 Å². The van der Waals surface area contributed by atoms with Crippen molar-refractivity contribution in [3.05, 3.63) is 89.5 Å². The fourth-order valence-electron chi connectivity index (χ4n) is 3.39. The SMILES string of the molecule is COc1ccc(C(=O)NCc2cccc(C(=O)N(CN(C)C)c3ccccc3)c2)cc1OC. The van der Waals surface area contributed by atoms with Crippen molar-refractivity contribution in [1.82, 2.24) is 10.2 Å². The van der Waals surface area contributed by atoms with Gasteiger partial charge < -0.3 is 14.8 Å². The van der Waals surface area contributed by atoms with E-state index in [9.17, 15) is 9.59 Å². The molecule has 0 aliphatic rings. The Labute approximate surface area is 194 Å². The summed E-state index contributed by atoms with van der Waals surface area (Å²) in [5, 5.41) is 2.89. The molecule has 0 unspecified atom stereocenters. The Morgan fingerprint density at radius 3 is 2.21 bits per heavy atom. The zero-order valence-electron chi connectivity index (χ0n) is 19.4. The van der Waals surface area contributed by atoms with Crippen molar-refractivity contribution >= 4 is 17.5 Å². The van der Waals surface area contributed by atoms with Gasteiger partial charge in [-0.15, -0.1) is 0 Å². The number of methoxy groups -OCH3 is 2. The molecule has 0 heterocycles. The molecule has 172 valence electrons. The molecule has 0 saturated heterocycles. The molecule has 3 aromatic carbocycles. The molecular formula is C26H29N3O4. The smallest absolute Gasteiger partial charge is 0.259 e. The molecule has 0 aromatic heterocycles. The third-order valence-corrected chi connectivity index (χ3v) is 5.01. The van der Waals surface area contributed by atoms with E-state index >= 15 is 0 Å². The average molecular weight is 448 g/mol. The summed E-state index contributed by atoms with van der Waals surface area (Å²) in [6, 6.07) is 21.9. The molecule has 7 heteroatoms. The van der Waals surface area contributed by atoms with Gasteiger partial charge in [-0.3, -0.25) is 19.4 Å². The minimum atomic E-state index is -0.244. The highest BCUT2D eigenvalue weighted by Crippen LogP contribution is 2.27. The van der Waals surface area contributed by atoms with E-state index in [1.165, 1.54) is 7.11 Å². The number of benzene rings is 3. The van der Waals surface area contributed by atoms with Gasteiger partial charge in [-0.05, 0) is 62.1 Å². The molecule has 7 nitrogen and oxygen atoms in total.